The molecule has 1 aromatic rings. The van der Waals surface area contributed by atoms with E-state index in [4.69, 9.17) is 14.2 Å². The van der Waals surface area contributed by atoms with Crippen LogP contribution in [0.1, 0.15) is 12.8 Å². The first-order valence-corrected chi connectivity index (χ1v) is 9.58. The van der Waals surface area contributed by atoms with Crippen LogP contribution < -0.4 is 4.90 Å². The van der Waals surface area contributed by atoms with E-state index in [1.807, 2.05) is 35.2 Å². The summed E-state index contributed by atoms with van der Waals surface area (Å²) in [5, 5.41) is 10.1. The van der Waals surface area contributed by atoms with Gasteiger partial charge in [-0.1, -0.05) is 30.5 Å². The molecule has 0 atom stereocenters. The molecule has 0 saturated carbocycles. The zero-order chi connectivity index (χ0) is 20.4. The Kier molecular flexibility index (Phi) is 8.59. The average molecular weight is 402 g/mol. The van der Waals surface area contributed by atoms with E-state index in [9.17, 15) is 14.9 Å². The minimum Gasteiger partial charge on any atom is -0.463 e. The smallest absolute Gasteiger partial charge is 0.351 e. The molecule has 1 aliphatic rings. The molecule has 7 nitrogen and oxygen atoms in total. The van der Waals surface area contributed by atoms with Crippen molar-refractivity contribution in [1.29, 1.82) is 5.26 Å². The predicted molar refractivity (Wildman–Crippen MR) is 106 cm³/mol. The van der Waals surface area contributed by atoms with Crippen LogP contribution in [-0.2, 0) is 23.8 Å². The largest absolute Gasteiger partial charge is 0.463 e. The summed E-state index contributed by atoms with van der Waals surface area (Å²) in [4.78, 5) is 26.3. The fourth-order valence-corrected chi connectivity index (χ4v) is 3.65. The van der Waals surface area contributed by atoms with Gasteiger partial charge in [0.2, 0.25) is 0 Å². The molecule has 0 N–H and O–H groups in total. The van der Waals surface area contributed by atoms with E-state index in [2.05, 4.69) is 6.58 Å². The molecule has 0 amide bonds. The van der Waals surface area contributed by atoms with Crippen LogP contribution in [0.5, 0.6) is 0 Å². The maximum Gasteiger partial charge on any atom is 0.351 e. The number of thioether (sulfide) groups is 1. The van der Waals surface area contributed by atoms with Crippen LogP contribution in [0.15, 0.2) is 52.4 Å². The van der Waals surface area contributed by atoms with E-state index in [0.29, 0.717) is 31.0 Å². The van der Waals surface area contributed by atoms with Crippen molar-refractivity contribution in [3.63, 3.8) is 0 Å². The second-order valence-corrected chi connectivity index (χ2v) is 6.75. The molecule has 28 heavy (non-hydrogen) atoms. The first-order valence-electron chi connectivity index (χ1n) is 8.76. The number of benzene rings is 1. The topological polar surface area (TPSA) is 88.9 Å². The van der Waals surface area contributed by atoms with Crippen LogP contribution in [0.2, 0.25) is 0 Å². The number of para-hydroxylation sites is 1. The van der Waals surface area contributed by atoms with Crippen molar-refractivity contribution >= 4 is 29.4 Å². The number of nitriles is 1. The number of hydrogen-bond acceptors (Lipinski definition) is 8. The highest BCUT2D eigenvalue weighted by atomic mass is 32.2. The average Bonchev–Trinajstić information content (AvgIpc) is 3.07. The van der Waals surface area contributed by atoms with Crippen LogP contribution in [-0.4, -0.2) is 45.4 Å². The number of methoxy groups -OCH3 is 1. The Bertz CT molecular complexity index is 800. The minimum absolute atomic E-state index is 0.0320. The van der Waals surface area contributed by atoms with Crippen molar-refractivity contribution in [3.05, 3.63) is 47.5 Å². The lowest BCUT2D eigenvalue weighted by molar-refractivity contribution is -0.140. The standard InChI is InChI=1S/C20H22N2O5S/c1-3-18(23)26-11-6-7-12-27-20(24)15(14-21)19-22(10-13-25-2)16-8-4-5-9-17(16)28-19/h3-5,8-9H,1,6-7,10-13H2,2H3. The van der Waals surface area contributed by atoms with Gasteiger partial charge >= 0.3 is 11.9 Å². The van der Waals surface area contributed by atoms with Crippen LogP contribution in [0.25, 0.3) is 0 Å². The molecule has 1 aliphatic heterocycles. The molecule has 0 aliphatic carbocycles. The lowest BCUT2D eigenvalue weighted by Crippen LogP contribution is -2.25. The van der Waals surface area contributed by atoms with E-state index in [1.54, 1.807) is 7.11 Å². The summed E-state index contributed by atoms with van der Waals surface area (Å²) < 4.78 is 15.2. The van der Waals surface area contributed by atoms with Crippen LogP contribution in [0.4, 0.5) is 5.69 Å². The van der Waals surface area contributed by atoms with E-state index >= 15 is 0 Å². The van der Waals surface area contributed by atoms with Gasteiger partial charge in [0, 0.05) is 24.6 Å². The third kappa shape index (κ3) is 5.62. The number of carbonyl (C=O) groups excluding carboxylic acids is 2. The van der Waals surface area contributed by atoms with E-state index in [0.717, 1.165) is 16.7 Å². The van der Waals surface area contributed by atoms with Gasteiger partial charge in [0.05, 0.1) is 25.5 Å². The second-order valence-electron chi connectivity index (χ2n) is 5.72. The predicted octanol–water partition coefficient (Wildman–Crippen LogP) is 3.03. The lowest BCUT2D eigenvalue weighted by Gasteiger charge is -2.20. The number of anilines is 1. The maximum absolute atomic E-state index is 12.4. The summed E-state index contributed by atoms with van der Waals surface area (Å²) in [6.45, 7) is 4.65. The first-order chi connectivity index (χ1) is 13.6. The Balaban J connectivity index is 2.00. The zero-order valence-corrected chi connectivity index (χ0v) is 16.5. The number of carbonyl (C=O) groups is 2. The Morgan fingerprint density at radius 3 is 2.61 bits per heavy atom. The molecule has 8 heteroatoms. The summed E-state index contributed by atoms with van der Waals surface area (Å²) in [6, 6.07) is 9.68. The Morgan fingerprint density at radius 2 is 1.93 bits per heavy atom. The number of rotatable bonds is 10. The number of unbranched alkanes of at least 4 members (excludes halogenated alkanes) is 1. The summed E-state index contributed by atoms with van der Waals surface area (Å²) in [5.41, 5.74) is 0.902. The van der Waals surface area contributed by atoms with Gasteiger partial charge < -0.3 is 19.1 Å². The Hall–Kier alpha value is -2.76. The Morgan fingerprint density at radius 1 is 1.21 bits per heavy atom. The van der Waals surface area contributed by atoms with Gasteiger partial charge in [-0.05, 0) is 25.0 Å². The van der Waals surface area contributed by atoms with Crippen molar-refractivity contribution in [2.24, 2.45) is 0 Å². The monoisotopic (exact) mass is 402 g/mol. The van der Waals surface area contributed by atoms with Gasteiger partial charge in [-0.3, -0.25) is 0 Å². The lowest BCUT2D eigenvalue weighted by atomic mass is 10.2. The van der Waals surface area contributed by atoms with Crippen molar-refractivity contribution in [2.75, 3.05) is 38.4 Å². The number of esters is 2. The highest BCUT2D eigenvalue weighted by molar-refractivity contribution is 8.03. The molecular formula is C20H22N2O5S. The number of hydrogen-bond donors (Lipinski definition) is 0. The molecule has 0 radical (unpaired) electrons. The highest BCUT2D eigenvalue weighted by Gasteiger charge is 2.30. The van der Waals surface area contributed by atoms with E-state index in [1.165, 1.54) is 11.8 Å². The fourth-order valence-electron chi connectivity index (χ4n) is 2.48. The summed E-state index contributed by atoms with van der Waals surface area (Å²) >= 11 is 1.37. The highest BCUT2D eigenvalue weighted by Crippen LogP contribution is 2.46. The fraction of sp³-hybridized carbons (Fsp3) is 0.350. The SMILES string of the molecule is C=CC(=O)OCCCCOC(=O)C(C#N)=C1Sc2ccccc2N1CCOC. The minimum atomic E-state index is -0.664. The summed E-state index contributed by atoms with van der Waals surface area (Å²) in [5.74, 6) is -1.15. The number of ether oxygens (including phenoxy) is 3. The number of fused-ring (bicyclic) bond motifs is 1. The van der Waals surface area contributed by atoms with Crippen molar-refractivity contribution in [3.8, 4) is 6.07 Å². The van der Waals surface area contributed by atoms with Gasteiger partial charge in [-0.25, -0.2) is 9.59 Å². The molecule has 148 valence electrons. The second kappa shape index (κ2) is 11.2. The van der Waals surface area contributed by atoms with E-state index < -0.39 is 11.9 Å². The van der Waals surface area contributed by atoms with Crippen molar-refractivity contribution in [1.82, 2.24) is 0 Å². The normalized spacial score (nSPS) is 14.1. The molecule has 0 spiro atoms. The van der Waals surface area contributed by atoms with Crippen LogP contribution in [0.3, 0.4) is 0 Å². The molecular weight excluding hydrogens is 380 g/mol. The van der Waals surface area contributed by atoms with E-state index in [-0.39, 0.29) is 18.8 Å². The molecule has 0 fully saturated rings. The van der Waals surface area contributed by atoms with Gasteiger partial charge in [0.25, 0.3) is 0 Å². The third-order valence-corrected chi connectivity index (χ3v) is 5.02. The summed E-state index contributed by atoms with van der Waals surface area (Å²) in [7, 11) is 1.60. The molecule has 0 saturated heterocycles. The Labute approximate surface area is 168 Å². The van der Waals surface area contributed by atoms with Crippen molar-refractivity contribution < 1.29 is 23.8 Å². The van der Waals surface area contributed by atoms with Gasteiger partial charge in [-0.15, -0.1) is 0 Å². The van der Waals surface area contributed by atoms with Crippen LogP contribution >= 0.6 is 11.8 Å². The quantitative estimate of drug-likeness (QED) is 0.255. The first kappa shape index (κ1) is 21.5. The molecule has 0 bridgehead atoms. The molecule has 1 heterocycles. The van der Waals surface area contributed by atoms with Gasteiger partial charge in [0.1, 0.15) is 11.1 Å². The summed E-state index contributed by atoms with van der Waals surface area (Å²) in [6.07, 6.45) is 2.16. The molecule has 1 aromatic carbocycles. The number of nitrogens with zero attached hydrogens (tertiary/aromatic N) is 2. The van der Waals surface area contributed by atoms with Gasteiger partial charge in [-0.2, -0.15) is 5.26 Å². The van der Waals surface area contributed by atoms with Gasteiger partial charge in [0.15, 0.2) is 5.57 Å². The molecule has 0 unspecified atom stereocenters. The molecule has 0 aromatic heterocycles. The van der Waals surface area contributed by atoms with Crippen molar-refractivity contribution in [2.45, 2.75) is 17.7 Å². The third-order valence-electron chi connectivity index (χ3n) is 3.84. The maximum atomic E-state index is 12.4. The van der Waals surface area contributed by atoms with Crippen LogP contribution in [0, 0.1) is 11.3 Å². The molecule has 2 rings (SSSR count). The zero-order valence-electron chi connectivity index (χ0n) is 15.7.